The molecule has 0 aliphatic rings. The summed E-state index contributed by atoms with van der Waals surface area (Å²) < 4.78 is 48.6. The standard InChI is InChI=1S/C19H20F3NO3/c1-3-26-18(24)12-16(23-15-6-4-5-7-17(15)25-2)13-8-10-14(11-9-13)19(20,21)22/h4-11,16,23H,3,12H2,1-2H3/t16-/m1/s1. The van der Waals surface area contributed by atoms with Crippen molar-refractivity contribution in [1.82, 2.24) is 0 Å². The van der Waals surface area contributed by atoms with E-state index in [-0.39, 0.29) is 13.0 Å². The van der Waals surface area contributed by atoms with Crippen LogP contribution in [0.15, 0.2) is 48.5 Å². The zero-order valence-electron chi connectivity index (χ0n) is 14.5. The van der Waals surface area contributed by atoms with Crippen LogP contribution in [-0.4, -0.2) is 19.7 Å². The van der Waals surface area contributed by atoms with Gasteiger partial charge in [0.1, 0.15) is 5.75 Å². The number of benzene rings is 2. The third-order valence-corrected chi connectivity index (χ3v) is 3.75. The van der Waals surface area contributed by atoms with Crippen molar-refractivity contribution in [3.63, 3.8) is 0 Å². The summed E-state index contributed by atoms with van der Waals surface area (Å²) in [5.74, 6) is 0.119. The topological polar surface area (TPSA) is 47.6 Å². The minimum Gasteiger partial charge on any atom is -0.495 e. The summed E-state index contributed by atoms with van der Waals surface area (Å²) in [5.41, 5.74) is 0.426. The number of halogens is 3. The Kier molecular flexibility index (Phi) is 6.49. The molecule has 0 spiro atoms. The number of carbonyl (C=O) groups is 1. The minimum absolute atomic E-state index is 0.0305. The molecule has 2 rings (SSSR count). The molecule has 4 nitrogen and oxygen atoms in total. The van der Waals surface area contributed by atoms with Gasteiger partial charge in [-0.05, 0) is 36.8 Å². The van der Waals surface area contributed by atoms with Gasteiger partial charge in [-0.25, -0.2) is 0 Å². The largest absolute Gasteiger partial charge is 0.495 e. The van der Waals surface area contributed by atoms with Crippen LogP contribution in [0.1, 0.15) is 30.5 Å². The van der Waals surface area contributed by atoms with Crippen molar-refractivity contribution in [2.45, 2.75) is 25.6 Å². The van der Waals surface area contributed by atoms with Crippen LogP contribution in [-0.2, 0) is 15.7 Å². The molecule has 0 bridgehead atoms. The van der Waals surface area contributed by atoms with Gasteiger partial charge in [-0.15, -0.1) is 0 Å². The zero-order valence-corrected chi connectivity index (χ0v) is 14.5. The summed E-state index contributed by atoms with van der Waals surface area (Å²) in [6.45, 7) is 1.92. The average Bonchev–Trinajstić information content (AvgIpc) is 2.61. The van der Waals surface area contributed by atoms with Gasteiger partial charge in [0.25, 0.3) is 0 Å². The number of anilines is 1. The first kappa shape index (κ1) is 19.6. The molecule has 0 amide bonds. The summed E-state index contributed by atoms with van der Waals surface area (Å²) in [7, 11) is 1.51. The summed E-state index contributed by atoms with van der Waals surface area (Å²) >= 11 is 0. The van der Waals surface area contributed by atoms with E-state index in [1.165, 1.54) is 19.2 Å². The van der Waals surface area contributed by atoms with Crippen molar-refractivity contribution in [3.05, 3.63) is 59.7 Å². The fourth-order valence-electron chi connectivity index (χ4n) is 2.49. The van der Waals surface area contributed by atoms with Gasteiger partial charge in [0.2, 0.25) is 0 Å². The first-order valence-corrected chi connectivity index (χ1v) is 8.07. The van der Waals surface area contributed by atoms with E-state index in [2.05, 4.69) is 5.32 Å². The van der Waals surface area contributed by atoms with E-state index in [0.29, 0.717) is 17.0 Å². The highest BCUT2D eigenvalue weighted by molar-refractivity contribution is 5.71. The Morgan fingerprint density at radius 3 is 2.35 bits per heavy atom. The molecule has 0 aliphatic carbocycles. The molecule has 26 heavy (non-hydrogen) atoms. The normalized spacial score (nSPS) is 12.3. The molecule has 7 heteroatoms. The molecule has 0 saturated heterocycles. The number of esters is 1. The van der Waals surface area contributed by atoms with Gasteiger partial charge in [-0.2, -0.15) is 13.2 Å². The summed E-state index contributed by atoms with van der Waals surface area (Å²) in [4.78, 5) is 11.9. The maximum absolute atomic E-state index is 12.8. The summed E-state index contributed by atoms with van der Waals surface area (Å²) in [5, 5.41) is 3.16. The van der Waals surface area contributed by atoms with Gasteiger partial charge >= 0.3 is 12.1 Å². The Labute approximate surface area is 149 Å². The lowest BCUT2D eigenvalue weighted by atomic mass is 10.0. The van der Waals surface area contributed by atoms with Crippen LogP contribution in [0.25, 0.3) is 0 Å². The van der Waals surface area contributed by atoms with Gasteiger partial charge in [-0.3, -0.25) is 4.79 Å². The van der Waals surface area contributed by atoms with Crippen LogP contribution < -0.4 is 10.1 Å². The van der Waals surface area contributed by atoms with Crippen LogP contribution in [0, 0.1) is 0 Å². The van der Waals surface area contributed by atoms with Crippen LogP contribution in [0.3, 0.4) is 0 Å². The monoisotopic (exact) mass is 367 g/mol. The minimum atomic E-state index is -4.41. The third-order valence-electron chi connectivity index (χ3n) is 3.75. The van der Waals surface area contributed by atoms with Gasteiger partial charge in [-0.1, -0.05) is 24.3 Å². The highest BCUT2D eigenvalue weighted by Crippen LogP contribution is 2.33. The van der Waals surface area contributed by atoms with Crippen molar-refractivity contribution >= 4 is 11.7 Å². The number of para-hydroxylation sites is 2. The van der Waals surface area contributed by atoms with Gasteiger partial charge < -0.3 is 14.8 Å². The van der Waals surface area contributed by atoms with Gasteiger partial charge in [0.15, 0.2) is 0 Å². The molecule has 0 radical (unpaired) electrons. The molecule has 0 aromatic heterocycles. The fraction of sp³-hybridized carbons (Fsp3) is 0.316. The number of hydrogen-bond acceptors (Lipinski definition) is 4. The van der Waals surface area contributed by atoms with E-state index >= 15 is 0 Å². The molecule has 1 N–H and O–H groups in total. The SMILES string of the molecule is CCOC(=O)C[C@@H](Nc1ccccc1OC)c1ccc(C(F)(F)F)cc1. The maximum Gasteiger partial charge on any atom is 0.416 e. The van der Waals surface area contributed by atoms with Gasteiger partial charge in [0, 0.05) is 0 Å². The molecule has 0 fully saturated rings. The number of carbonyl (C=O) groups excluding carboxylic acids is 1. The van der Waals surface area contributed by atoms with Crippen molar-refractivity contribution in [3.8, 4) is 5.75 Å². The number of methoxy groups -OCH3 is 1. The number of hydrogen-bond donors (Lipinski definition) is 1. The van der Waals surface area contributed by atoms with E-state index in [1.807, 2.05) is 0 Å². The van der Waals surface area contributed by atoms with Crippen molar-refractivity contribution in [1.29, 1.82) is 0 Å². The molecule has 2 aromatic rings. The highest BCUT2D eigenvalue weighted by Gasteiger charge is 2.30. The predicted molar refractivity (Wildman–Crippen MR) is 92.1 cm³/mol. The van der Waals surface area contributed by atoms with E-state index < -0.39 is 23.8 Å². The Morgan fingerprint density at radius 1 is 1.12 bits per heavy atom. The van der Waals surface area contributed by atoms with Gasteiger partial charge in [0.05, 0.1) is 37.4 Å². The molecule has 140 valence electrons. The van der Waals surface area contributed by atoms with Crippen LogP contribution in [0.5, 0.6) is 5.75 Å². The second-order valence-electron chi connectivity index (χ2n) is 5.53. The lowest BCUT2D eigenvalue weighted by Gasteiger charge is -2.21. The molecule has 1 atom stereocenters. The second-order valence-corrected chi connectivity index (χ2v) is 5.53. The Hall–Kier alpha value is -2.70. The van der Waals surface area contributed by atoms with E-state index in [1.54, 1.807) is 31.2 Å². The molecule has 2 aromatic carbocycles. The molecular weight excluding hydrogens is 347 g/mol. The van der Waals surface area contributed by atoms with Crippen LogP contribution >= 0.6 is 0 Å². The fourth-order valence-corrected chi connectivity index (χ4v) is 2.49. The van der Waals surface area contributed by atoms with Crippen LogP contribution in [0.4, 0.5) is 18.9 Å². The Bertz CT molecular complexity index is 730. The average molecular weight is 367 g/mol. The van der Waals surface area contributed by atoms with Crippen molar-refractivity contribution in [2.75, 3.05) is 19.0 Å². The summed E-state index contributed by atoms with van der Waals surface area (Å²) in [6.07, 6.45) is -4.44. The number of rotatable bonds is 7. The quantitative estimate of drug-likeness (QED) is 0.713. The number of ether oxygens (including phenoxy) is 2. The van der Waals surface area contributed by atoms with E-state index in [0.717, 1.165) is 12.1 Å². The first-order valence-electron chi connectivity index (χ1n) is 8.07. The third kappa shape index (κ3) is 5.15. The molecular formula is C19H20F3NO3. The molecule has 0 aliphatic heterocycles. The Balaban J connectivity index is 2.30. The van der Waals surface area contributed by atoms with Crippen molar-refractivity contribution in [2.24, 2.45) is 0 Å². The number of nitrogens with one attached hydrogen (secondary N) is 1. The first-order chi connectivity index (χ1) is 12.3. The zero-order chi connectivity index (χ0) is 19.2. The Morgan fingerprint density at radius 2 is 1.77 bits per heavy atom. The highest BCUT2D eigenvalue weighted by atomic mass is 19.4. The molecule has 0 unspecified atom stereocenters. The lowest BCUT2D eigenvalue weighted by molar-refractivity contribution is -0.143. The predicted octanol–water partition coefficient (Wildman–Crippen LogP) is 4.82. The maximum atomic E-state index is 12.8. The molecule has 0 heterocycles. The van der Waals surface area contributed by atoms with E-state index in [9.17, 15) is 18.0 Å². The van der Waals surface area contributed by atoms with E-state index in [4.69, 9.17) is 9.47 Å². The summed E-state index contributed by atoms with van der Waals surface area (Å²) in [6, 6.07) is 11.2. The number of alkyl halides is 3. The van der Waals surface area contributed by atoms with Crippen LogP contribution in [0.2, 0.25) is 0 Å². The second kappa shape index (κ2) is 8.60. The smallest absolute Gasteiger partial charge is 0.416 e. The molecule has 0 saturated carbocycles. The lowest BCUT2D eigenvalue weighted by Crippen LogP contribution is -2.18. The van der Waals surface area contributed by atoms with Crippen molar-refractivity contribution < 1.29 is 27.4 Å².